The SMILES string of the molecule is O=[N+]([O-])c1cc(Cl)c(F)cc1OCCC1CCNC1. The Morgan fingerprint density at radius 2 is 2.37 bits per heavy atom. The lowest BCUT2D eigenvalue weighted by Crippen LogP contribution is -2.12. The van der Waals surface area contributed by atoms with E-state index in [9.17, 15) is 14.5 Å². The topological polar surface area (TPSA) is 64.4 Å². The van der Waals surface area contributed by atoms with Crippen molar-refractivity contribution in [3.63, 3.8) is 0 Å². The second-order valence-corrected chi connectivity index (χ2v) is 4.89. The van der Waals surface area contributed by atoms with Crippen molar-refractivity contribution in [3.8, 4) is 5.75 Å². The quantitative estimate of drug-likeness (QED) is 0.668. The van der Waals surface area contributed by atoms with Crippen molar-refractivity contribution < 1.29 is 14.1 Å². The van der Waals surface area contributed by atoms with Gasteiger partial charge in [0.25, 0.3) is 0 Å². The van der Waals surface area contributed by atoms with Crippen LogP contribution >= 0.6 is 11.6 Å². The van der Waals surface area contributed by atoms with Crippen molar-refractivity contribution in [2.45, 2.75) is 12.8 Å². The van der Waals surface area contributed by atoms with Crippen LogP contribution in [0.15, 0.2) is 12.1 Å². The van der Waals surface area contributed by atoms with Crippen molar-refractivity contribution in [1.29, 1.82) is 0 Å². The van der Waals surface area contributed by atoms with E-state index in [4.69, 9.17) is 16.3 Å². The molecule has 1 aromatic rings. The zero-order valence-electron chi connectivity index (χ0n) is 10.2. The molecular formula is C12H14ClFN2O3. The Kier molecular flexibility index (Phi) is 4.55. The van der Waals surface area contributed by atoms with Crippen molar-refractivity contribution in [2.75, 3.05) is 19.7 Å². The molecule has 104 valence electrons. The fourth-order valence-electron chi connectivity index (χ4n) is 2.07. The van der Waals surface area contributed by atoms with Crippen LogP contribution in [-0.4, -0.2) is 24.6 Å². The molecule has 1 aliphatic heterocycles. The molecule has 0 aliphatic carbocycles. The number of nitro groups is 1. The standard InChI is InChI=1S/C12H14ClFN2O3/c13-9-5-11(16(17)18)12(6-10(9)14)19-4-2-8-1-3-15-7-8/h5-6,8,15H,1-4,7H2. The van der Waals surface area contributed by atoms with Crippen LogP contribution in [0.3, 0.4) is 0 Å². The van der Waals surface area contributed by atoms with Gasteiger partial charge >= 0.3 is 5.69 Å². The zero-order chi connectivity index (χ0) is 13.8. The van der Waals surface area contributed by atoms with Gasteiger partial charge in [-0.2, -0.15) is 0 Å². The molecule has 0 aromatic heterocycles. The van der Waals surface area contributed by atoms with E-state index in [-0.39, 0.29) is 16.5 Å². The highest BCUT2D eigenvalue weighted by atomic mass is 35.5. The summed E-state index contributed by atoms with van der Waals surface area (Å²) >= 11 is 5.52. The molecule has 0 radical (unpaired) electrons. The minimum absolute atomic E-state index is 0.0714. The summed E-state index contributed by atoms with van der Waals surface area (Å²) < 4.78 is 18.6. The first kappa shape index (κ1) is 14.0. The molecule has 19 heavy (non-hydrogen) atoms. The fourth-order valence-corrected chi connectivity index (χ4v) is 2.23. The highest BCUT2D eigenvalue weighted by Gasteiger charge is 2.20. The number of nitrogens with one attached hydrogen (secondary N) is 1. The third-order valence-electron chi connectivity index (χ3n) is 3.14. The molecule has 0 saturated carbocycles. The Morgan fingerprint density at radius 1 is 1.58 bits per heavy atom. The first-order valence-corrected chi connectivity index (χ1v) is 6.42. The third kappa shape index (κ3) is 3.54. The molecule has 1 aliphatic rings. The van der Waals surface area contributed by atoms with Gasteiger partial charge in [-0.1, -0.05) is 11.6 Å². The van der Waals surface area contributed by atoms with Crippen LogP contribution in [0.2, 0.25) is 5.02 Å². The van der Waals surface area contributed by atoms with Gasteiger partial charge in [0.1, 0.15) is 5.82 Å². The van der Waals surface area contributed by atoms with E-state index in [0.29, 0.717) is 12.5 Å². The fraction of sp³-hybridized carbons (Fsp3) is 0.500. The van der Waals surface area contributed by atoms with Crippen molar-refractivity contribution in [2.24, 2.45) is 5.92 Å². The molecule has 1 fully saturated rings. The maximum Gasteiger partial charge on any atom is 0.312 e. The molecule has 0 bridgehead atoms. The molecule has 0 amide bonds. The number of nitrogens with zero attached hydrogens (tertiary/aromatic N) is 1. The van der Waals surface area contributed by atoms with Crippen LogP contribution in [0, 0.1) is 21.8 Å². The van der Waals surface area contributed by atoms with Gasteiger partial charge in [0.15, 0.2) is 5.75 Å². The van der Waals surface area contributed by atoms with E-state index in [2.05, 4.69) is 5.32 Å². The summed E-state index contributed by atoms with van der Waals surface area (Å²) in [5.74, 6) is -0.279. The van der Waals surface area contributed by atoms with Crippen LogP contribution in [0.4, 0.5) is 10.1 Å². The maximum absolute atomic E-state index is 13.3. The molecule has 7 heteroatoms. The summed E-state index contributed by atoms with van der Waals surface area (Å²) in [7, 11) is 0. The Morgan fingerprint density at radius 3 is 3.00 bits per heavy atom. The average molecular weight is 289 g/mol. The van der Waals surface area contributed by atoms with Crippen LogP contribution in [0.25, 0.3) is 0 Å². The molecular weight excluding hydrogens is 275 g/mol. The van der Waals surface area contributed by atoms with Crippen molar-refractivity contribution >= 4 is 17.3 Å². The lowest BCUT2D eigenvalue weighted by molar-refractivity contribution is -0.385. The minimum atomic E-state index is -0.718. The normalized spacial score (nSPS) is 18.5. The second-order valence-electron chi connectivity index (χ2n) is 4.49. The number of nitro benzene ring substituents is 1. The van der Waals surface area contributed by atoms with Gasteiger partial charge in [0.2, 0.25) is 0 Å². The number of benzene rings is 1. The molecule has 1 atom stereocenters. The molecule has 1 heterocycles. The van der Waals surface area contributed by atoms with Gasteiger partial charge in [-0.3, -0.25) is 10.1 Å². The number of hydrogen-bond donors (Lipinski definition) is 1. The number of halogens is 2. The van der Waals surface area contributed by atoms with E-state index in [1.165, 1.54) is 0 Å². The summed E-state index contributed by atoms with van der Waals surface area (Å²) in [4.78, 5) is 10.2. The molecule has 0 spiro atoms. The van der Waals surface area contributed by atoms with E-state index in [1.54, 1.807) is 0 Å². The summed E-state index contributed by atoms with van der Waals surface area (Å²) in [5, 5.41) is 13.8. The van der Waals surface area contributed by atoms with Gasteiger partial charge in [-0.25, -0.2) is 4.39 Å². The first-order chi connectivity index (χ1) is 9.08. The molecule has 5 nitrogen and oxygen atoms in total. The lowest BCUT2D eigenvalue weighted by atomic mass is 10.1. The van der Waals surface area contributed by atoms with Gasteiger partial charge in [0, 0.05) is 12.1 Å². The summed E-state index contributed by atoms with van der Waals surface area (Å²) in [6.45, 7) is 2.25. The predicted molar refractivity (Wildman–Crippen MR) is 69.2 cm³/mol. The van der Waals surface area contributed by atoms with E-state index >= 15 is 0 Å². The lowest BCUT2D eigenvalue weighted by Gasteiger charge is -2.10. The van der Waals surface area contributed by atoms with Crippen molar-refractivity contribution in [3.05, 3.63) is 33.1 Å². The van der Waals surface area contributed by atoms with E-state index < -0.39 is 10.7 Å². The molecule has 1 saturated heterocycles. The minimum Gasteiger partial charge on any atom is -0.487 e. The van der Waals surface area contributed by atoms with Gasteiger partial charge in [-0.15, -0.1) is 0 Å². The number of rotatable bonds is 5. The van der Waals surface area contributed by atoms with Gasteiger partial charge in [-0.05, 0) is 31.8 Å². The largest absolute Gasteiger partial charge is 0.487 e. The molecule has 1 unspecified atom stereocenters. The van der Waals surface area contributed by atoms with Crippen LogP contribution in [0.5, 0.6) is 5.75 Å². The predicted octanol–water partition coefficient (Wildman–Crippen LogP) is 2.77. The van der Waals surface area contributed by atoms with E-state index in [1.807, 2.05) is 0 Å². The second kappa shape index (κ2) is 6.16. The summed E-state index contributed by atoms with van der Waals surface area (Å²) in [6, 6.07) is 1.94. The average Bonchev–Trinajstić information content (AvgIpc) is 2.86. The highest BCUT2D eigenvalue weighted by molar-refractivity contribution is 6.31. The van der Waals surface area contributed by atoms with Gasteiger partial charge < -0.3 is 10.1 Å². The van der Waals surface area contributed by atoms with Crippen molar-refractivity contribution in [1.82, 2.24) is 5.32 Å². The number of ether oxygens (including phenoxy) is 1. The summed E-state index contributed by atoms with van der Waals surface area (Å²) in [5.41, 5.74) is -0.309. The Hall–Kier alpha value is -1.40. The Labute approximate surface area is 114 Å². The maximum atomic E-state index is 13.3. The highest BCUT2D eigenvalue weighted by Crippen LogP contribution is 2.32. The third-order valence-corrected chi connectivity index (χ3v) is 3.43. The van der Waals surface area contributed by atoms with Crippen LogP contribution in [0.1, 0.15) is 12.8 Å². The number of hydrogen-bond acceptors (Lipinski definition) is 4. The smallest absolute Gasteiger partial charge is 0.312 e. The zero-order valence-corrected chi connectivity index (χ0v) is 11.0. The molecule has 1 N–H and O–H groups in total. The molecule has 1 aromatic carbocycles. The first-order valence-electron chi connectivity index (χ1n) is 6.05. The van der Waals surface area contributed by atoms with E-state index in [0.717, 1.165) is 38.1 Å². The Balaban J connectivity index is 2.01. The van der Waals surface area contributed by atoms with Crippen LogP contribution in [-0.2, 0) is 0 Å². The Bertz CT molecular complexity index is 478. The monoisotopic (exact) mass is 288 g/mol. The molecule has 2 rings (SSSR count). The van der Waals surface area contributed by atoms with Crippen LogP contribution < -0.4 is 10.1 Å². The van der Waals surface area contributed by atoms with Gasteiger partial charge in [0.05, 0.1) is 16.6 Å². The summed E-state index contributed by atoms with van der Waals surface area (Å²) in [6.07, 6.45) is 1.86.